The summed E-state index contributed by atoms with van der Waals surface area (Å²) in [6.07, 6.45) is -5.68. The van der Waals surface area contributed by atoms with Crippen molar-refractivity contribution in [3.63, 3.8) is 0 Å². The lowest BCUT2D eigenvalue weighted by atomic mass is 10.2. The smallest absolute Gasteiger partial charge is 0.462 e. The molecule has 4 nitrogen and oxygen atoms in total. The molecule has 0 atom stereocenters. The van der Waals surface area contributed by atoms with Crippen molar-refractivity contribution in [1.82, 2.24) is 9.99 Å². The fraction of sp³-hybridized carbons (Fsp3) is 0.261. The second-order valence-corrected chi connectivity index (χ2v) is 8.50. The van der Waals surface area contributed by atoms with E-state index >= 15 is 0 Å². The van der Waals surface area contributed by atoms with E-state index in [9.17, 15) is 30.7 Å². The summed E-state index contributed by atoms with van der Waals surface area (Å²) in [6, 6.07) is 10.5. The highest BCUT2D eigenvalue weighted by Crippen LogP contribution is 2.45. The molecule has 3 rings (SSSR count). The van der Waals surface area contributed by atoms with Gasteiger partial charge < -0.3 is 9.30 Å². The third-order valence-electron chi connectivity index (χ3n) is 5.04. The Morgan fingerprint density at radius 3 is 2.11 bits per heavy atom. The fourth-order valence-electron chi connectivity index (χ4n) is 3.19. The number of alkyl halides is 7. The number of aryl methyl sites for hydroxylation is 1. The third-order valence-corrected chi connectivity index (χ3v) is 5.57. The molecule has 1 aromatic heterocycles. The van der Waals surface area contributed by atoms with E-state index in [0.29, 0.717) is 34.9 Å². The van der Waals surface area contributed by atoms with E-state index in [0.717, 1.165) is 16.3 Å². The first-order valence-electron chi connectivity index (χ1n) is 10.0. The van der Waals surface area contributed by atoms with Crippen LogP contribution in [0.3, 0.4) is 0 Å². The molecule has 1 N–H and O–H groups in total. The minimum absolute atomic E-state index is 0.247. The molecular weight excluding hydrogens is 547 g/mol. The zero-order valence-electron chi connectivity index (χ0n) is 18.3. The largest absolute Gasteiger partial charge is 0.489 e. The molecule has 0 unspecified atom stereocenters. The second kappa shape index (κ2) is 9.92. The van der Waals surface area contributed by atoms with Crippen LogP contribution in [-0.2, 0) is 6.61 Å². The first-order valence-corrected chi connectivity index (χ1v) is 10.8. The average molecular weight is 566 g/mol. The summed E-state index contributed by atoms with van der Waals surface area (Å²) >= 11 is 3.36. The highest BCUT2D eigenvalue weighted by atomic mass is 79.9. The van der Waals surface area contributed by atoms with Crippen molar-refractivity contribution in [2.24, 2.45) is 5.10 Å². The molecule has 1 heterocycles. The maximum absolute atomic E-state index is 13.4. The van der Waals surface area contributed by atoms with Crippen molar-refractivity contribution in [1.29, 1.82) is 0 Å². The van der Waals surface area contributed by atoms with Crippen molar-refractivity contribution < 1.29 is 35.5 Å². The summed E-state index contributed by atoms with van der Waals surface area (Å²) in [5.74, 6) is -5.69. The van der Waals surface area contributed by atoms with Gasteiger partial charge in [0.1, 0.15) is 12.4 Å². The predicted molar refractivity (Wildman–Crippen MR) is 120 cm³/mol. The van der Waals surface area contributed by atoms with Crippen molar-refractivity contribution in [3.05, 3.63) is 81.6 Å². The van der Waals surface area contributed by atoms with Gasteiger partial charge in [-0.15, -0.1) is 0 Å². The number of hydrogen-bond acceptors (Lipinski definition) is 3. The summed E-state index contributed by atoms with van der Waals surface area (Å²) in [6.45, 7) is 3.69. The van der Waals surface area contributed by atoms with Crippen LogP contribution < -0.4 is 10.2 Å². The topological polar surface area (TPSA) is 38.5 Å². The molecule has 0 amide bonds. The van der Waals surface area contributed by atoms with Gasteiger partial charge in [-0.3, -0.25) is 0 Å². The van der Waals surface area contributed by atoms with Crippen LogP contribution in [0.15, 0.2) is 64.2 Å². The van der Waals surface area contributed by atoms with E-state index < -0.39 is 18.1 Å². The van der Waals surface area contributed by atoms with Crippen LogP contribution in [0, 0.1) is 13.8 Å². The van der Waals surface area contributed by atoms with Crippen LogP contribution >= 0.6 is 15.9 Å². The van der Waals surface area contributed by atoms with E-state index in [4.69, 9.17) is 4.74 Å². The SMILES string of the molecule is Cc1cc(/C=N\NC(F)(F)C(F)(F)C(F)(F)F)c(C)n1-c1ccc(OCc2ccc(Br)cc2)cc1. The number of halogens is 8. The van der Waals surface area contributed by atoms with E-state index in [2.05, 4.69) is 21.0 Å². The Hall–Kier alpha value is -3.02. The Bertz CT molecular complexity index is 1190. The van der Waals surface area contributed by atoms with Gasteiger partial charge in [-0.25, -0.2) is 5.43 Å². The Kier molecular flexibility index (Phi) is 7.53. The molecule has 0 aliphatic heterocycles. The van der Waals surface area contributed by atoms with Crippen LogP contribution in [0.1, 0.15) is 22.5 Å². The van der Waals surface area contributed by atoms with Gasteiger partial charge in [0, 0.05) is 27.1 Å². The minimum Gasteiger partial charge on any atom is -0.489 e. The molecule has 0 spiro atoms. The van der Waals surface area contributed by atoms with Gasteiger partial charge in [0.2, 0.25) is 0 Å². The van der Waals surface area contributed by atoms with Gasteiger partial charge in [0.05, 0.1) is 6.21 Å². The molecule has 12 heteroatoms. The van der Waals surface area contributed by atoms with Crippen LogP contribution in [0.2, 0.25) is 0 Å². The number of ether oxygens (including phenoxy) is 1. The van der Waals surface area contributed by atoms with E-state index in [1.165, 1.54) is 6.07 Å². The van der Waals surface area contributed by atoms with Crippen molar-refractivity contribution in [2.45, 2.75) is 38.6 Å². The summed E-state index contributed by atoms with van der Waals surface area (Å²) in [5.41, 5.74) is 3.70. The number of benzene rings is 2. The predicted octanol–water partition coefficient (Wildman–Crippen LogP) is 7.15. The molecule has 2 aromatic carbocycles. The molecule has 3 aromatic rings. The van der Waals surface area contributed by atoms with Gasteiger partial charge in [-0.1, -0.05) is 28.1 Å². The van der Waals surface area contributed by atoms with Gasteiger partial charge >= 0.3 is 18.1 Å². The zero-order valence-corrected chi connectivity index (χ0v) is 19.9. The molecule has 0 radical (unpaired) electrons. The number of rotatable bonds is 8. The first kappa shape index (κ1) is 26.6. The fourth-order valence-corrected chi connectivity index (χ4v) is 3.45. The lowest BCUT2D eigenvalue weighted by Gasteiger charge is -2.27. The summed E-state index contributed by atoms with van der Waals surface area (Å²) < 4.78 is 97.8. The number of hydrogen-bond donors (Lipinski definition) is 1. The Morgan fingerprint density at radius 1 is 0.943 bits per heavy atom. The van der Waals surface area contributed by atoms with Crippen LogP contribution in [0.25, 0.3) is 5.69 Å². The maximum Gasteiger partial charge on any atom is 0.462 e. The Labute approximate surface area is 204 Å². The highest BCUT2D eigenvalue weighted by molar-refractivity contribution is 9.10. The van der Waals surface area contributed by atoms with Crippen LogP contribution in [0.5, 0.6) is 5.75 Å². The van der Waals surface area contributed by atoms with Crippen molar-refractivity contribution in [3.8, 4) is 11.4 Å². The number of aromatic nitrogens is 1. The van der Waals surface area contributed by atoms with Crippen molar-refractivity contribution >= 4 is 22.1 Å². The van der Waals surface area contributed by atoms with Crippen molar-refractivity contribution in [2.75, 3.05) is 0 Å². The second-order valence-electron chi connectivity index (χ2n) is 7.59. The Morgan fingerprint density at radius 2 is 1.54 bits per heavy atom. The normalized spacial score (nSPS) is 12.9. The number of nitrogens with zero attached hydrogens (tertiary/aromatic N) is 2. The first-order chi connectivity index (χ1) is 16.2. The quantitative estimate of drug-likeness (QED) is 0.136. The zero-order chi connectivity index (χ0) is 26.0. The maximum atomic E-state index is 13.4. The lowest BCUT2D eigenvalue weighted by molar-refractivity contribution is -0.361. The lowest BCUT2D eigenvalue weighted by Crippen LogP contribution is -2.58. The highest BCUT2D eigenvalue weighted by Gasteiger charge is 2.73. The standard InChI is InChI=1S/C23H19BrF7N3O/c1-14-11-17(12-32-33-23(30,31)21(25,26)22(27,28)29)15(2)34(14)19-7-9-20(10-8-19)35-13-16-3-5-18(24)6-4-16/h3-12,33H,13H2,1-2H3/b32-12-. The molecular formula is C23H19BrF7N3O. The average Bonchev–Trinajstić information content (AvgIpc) is 3.06. The molecule has 0 saturated carbocycles. The van der Waals surface area contributed by atoms with Gasteiger partial charge in [0.25, 0.3) is 0 Å². The summed E-state index contributed by atoms with van der Waals surface area (Å²) in [7, 11) is 0. The molecule has 188 valence electrons. The van der Waals surface area contributed by atoms with Crippen LogP contribution in [0.4, 0.5) is 30.7 Å². The summed E-state index contributed by atoms with van der Waals surface area (Å²) in [4.78, 5) is 0. The third kappa shape index (κ3) is 5.80. The number of nitrogens with one attached hydrogen (secondary N) is 1. The molecule has 0 aliphatic carbocycles. The minimum atomic E-state index is -6.44. The van der Waals surface area contributed by atoms with E-state index in [1.807, 2.05) is 24.3 Å². The number of hydrazone groups is 1. The molecule has 0 bridgehead atoms. The Balaban J connectivity index is 1.72. The molecule has 0 aliphatic rings. The van der Waals surface area contributed by atoms with Gasteiger partial charge in [-0.2, -0.15) is 35.8 Å². The molecule has 0 fully saturated rings. The van der Waals surface area contributed by atoms with E-state index in [1.54, 1.807) is 42.7 Å². The monoisotopic (exact) mass is 565 g/mol. The van der Waals surface area contributed by atoms with Gasteiger partial charge in [-0.05, 0) is 61.9 Å². The summed E-state index contributed by atoms with van der Waals surface area (Å²) in [5, 5.41) is 2.93. The molecule has 35 heavy (non-hydrogen) atoms. The molecule has 0 saturated heterocycles. The van der Waals surface area contributed by atoms with E-state index in [-0.39, 0.29) is 5.56 Å². The van der Waals surface area contributed by atoms with Crippen LogP contribution in [-0.4, -0.2) is 28.9 Å². The van der Waals surface area contributed by atoms with Gasteiger partial charge in [0.15, 0.2) is 0 Å².